The maximum Gasteiger partial charge on any atom is 0.135 e. The highest BCUT2D eigenvalue weighted by Gasteiger charge is 2.36. The number of rotatable bonds is 3. The molecule has 0 radical (unpaired) electrons. The van der Waals surface area contributed by atoms with E-state index in [9.17, 15) is 0 Å². The molecule has 2 atom stereocenters. The van der Waals surface area contributed by atoms with Crippen molar-refractivity contribution in [3.63, 3.8) is 0 Å². The van der Waals surface area contributed by atoms with Gasteiger partial charge in [-0.2, -0.15) is 0 Å². The second-order valence-electron chi connectivity index (χ2n) is 11.6. The van der Waals surface area contributed by atoms with Gasteiger partial charge in [0, 0.05) is 17.0 Å². The Morgan fingerprint density at radius 1 is 0.419 bits per heavy atom. The summed E-state index contributed by atoms with van der Waals surface area (Å²) in [6.45, 7) is 0. The molecule has 1 heteroatoms. The molecule has 7 aromatic rings. The van der Waals surface area contributed by atoms with E-state index in [4.69, 9.17) is 4.74 Å². The molecule has 0 aromatic heterocycles. The smallest absolute Gasteiger partial charge is 0.135 e. The number of fused-ring (bicyclic) bond motifs is 7. The van der Waals surface area contributed by atoms with Crippen molar-refractivity contribution in [3.8, 4) is 39.1 Å². The molecular formula is C42H28O. The normalized spacial score (nSPS) is 16.5. The molecule has 1 nitrogen and oxygen atoms in total. The van der Waals surface area contributed by atoms with Crippen LogP contribution in [0.15, 0.2) is 152 Å². The molecule has 2 aliphatic rings. The van der Waals surface area contributed by atoms with Crippen LogP contribution in [0.25, 0.3) is 61.0 Å². The highest BCUT2D eigenvalue weighted by molar-refractivity contribution is 6.21. The highest BCUT2D eigenvalue weighted by Crippen LogP contribution is 2.51. The average molecular weight is 549 g/mol. The maximum absolute atomic E-state index is 6.59. The van der Waals surface area contributed by atoms with Gasteiger partial charge in [0.1, 0.15) is 11.9 Å². The van der Waals surface area contributed by atoms with Gasteiger partial charge >= 0.3 is 0 Å². The molecule has 0 spiro atoms. The molecule has 7 aromatic carbocycles. The van der Waals surface area contributed by atoms with E-state index in [-0.39, 0.29) is 12.0 Å². The summed E-state index contributed by atoms with van der Waals surface area (Å²) in [5.74, 6) is 1.26. The van der Waals surface area contributed by atoms with Gasteiger partial charge in [0.2, 0.25) is 0 Å². The largest absolute Gasteiger partial charge is 0.484 e. The lowest BCUT2D eigenvalue weighted by molar-refractivity contribution is 0.223. The van der Waals surface area contributed by atoms with Crippen molar-refractivity contribution >= 4 is 27.6 Å². The van der Waals surface area contributed by atoms with Crippen LogP contribution in [0.5, 0.6) is 5.75 Å². The zero-order valence-corrected chi connectivity index (χ0v) is 23.6. The van der Waals surface area contributed by atoms with Crippen LogP contribution in [-0.4, -0.2) is 0 Å². The Kier molecular flexibility index (Phi) is 5.39. The van der Waals surface area contributed by atoms with Crippen LogP contribution >= 0.6 is 0 Å². The summed E-state index contributed by atoms with van der Waals surface area (Å²) in [5.41, 5.74) is 11.2. The molecule has 43 heavy (non-hydrogen) atoms. The van der Waals surface area contributed by atoms with Gasteiger partial charge in [-0.15, -0.1) is 0 Å². The molecule has 0 N–H and O–H groups in total. The highest BCUT2D eigenvalue weighted by atomic mass is 16.5. The first kappa shape index (κ1) is 24.2. The van der Waals surface area contributed by atoms with Gasteiger partial charge < -0.3 is 4.74 Å². The Morgan fingerprint density at radius 2 is 0.953 bits per heavy atom. The summed E-state index contributed by atoms with van der Waals surface area (Å²) in [6.07, 6.45) is 4.58. The molecule has 0 fully saturated rings. The van der Waals surface area contributed by atoms with E-state index in [1.54, 1.807) is 0 Å². The Morgan fingerprint density at radius 3 is 1.63 bits per heavy atom. The molecule has 0 bridgehead atoms. The van der Waals surface area contributed by atoms with E-state index in [0.717, 1.165) is 5.75 Å². The van der Waals surface area contributed by atoms with Gasteiger partial charge in [-0.05, 0) is 66.6 Å². The summed E-state index contributed by atoms with van der Waals surface area (Å²) in [6, 6.07) is 52.8. The van der Waals surface area contributed by atoms with Crippen LogP contribution < -0.4 is 4.74 Å². The molecule has 9 rings (SSSR count). The zero-order chi connectivity index (χ0) is 28.3. The van der Waals surface area contributed by atoms with Crippen molar-refractivity contribution in [2.45, 2.75) is 12.0 Å². The van der Waals surface area contributed by atoms with Crippen molar-refractivity contribution in [2.24, 2.45) is 0 Å². The van der Waals surface area contributed by atoms with Crippen molar-refractivity contribution in [1.82, 2.24) is 0 Å². The second-order valence-corrected chi connectivity index (χ2v) is 11.6. The lowest BCUT2D eigenvalue weighted by Gasteiger charge is -2.22. The molecule has 0 saturated heterocycles. The fourth-order valence-electron chi connectivity index (χ4n) is 7.24. The van der Waals surface area contributed by atoms with Crippen LogP contribution in [0, 0.1) is 0 Å². The minimum atomic E-state index is 0.0502. The van der Waals surface area contributed by atoms with E-state index in [1.807, 2.05) is 0 Å². The fraction of sp³-hybridized carbons (Fsp3) is 0.0476. The van der Waals surface area contributed by atoms with E-state index < -0.39 is 0 Å². The van der Waals surface area contributed by atoms with Crippen molar-refractivity contribution in [3.05, 3.63) is 168 Å². The van der Waals surface area contributed by atoms with Gasteiger partial charge in [-0.25, -0.2) is 0 Å². The van der Waals surface area contributed by atoms with Crippen molar-refractivity contribution in [1.29, 1.82) is 0 Å². The third-order valence-electron chi connectivity index (χ3n) is 9.24. The SMILES string of the molecule is C1=CC2c3ccc(-c4ccc(-c5c6ccccc6c(-c6ccccc6)c6ccccc56)cc4)cc3OC2c2ccccc21. The fourth-order valence-corrected chi connectivity index (χ4v) is 7.24. The van der Waals surface area contributed by atoms with E-state index in [2.05, 4.69) is 158 Å². The van der Waals surface area contributed by atoms with Gasteiger partial charge in [0.05, 0.1) is 0 Å². The minimum Gasteiger partial charge on any atom is -0.484 e. The van der Waals surface area contributed by atoms with Crippen LogP contribution in [0.4, 0.5) is 0 Å². The lowest BCUT2D eigenvalue weighted by atomic mass is 9.84. The summed E-state index contributed by atoms with van der Waals surface area (Å²) in [5, 5.41) is 5.10. The zero-order valence-electron chi connectivity index (χ0n) is 23.6. The predicted molar refractivity (Wildman–Crippen MR) is 179 cm³/mol. The van der Waals surface area contributed by atoms with Crippen LogP contribution in [0.2, 0.25) is 0 Å². The van der Waals surface area contributed by atoms with Crippen LogP contribution in [0.3, 0.4) is 0 Å². The molecule has 1 aliphatic carbocycles. The van der Waals surface area contributed by atoms with Gasteiger partial charge in [0.15, 0.2) is 0 Å². The van der Waals surface area contributed by atoms with Crippen LogP contribution in [-0.2, 0) is 0 Å². The first-order valence-corrected chi connectivity index (χ1v) is 15.0. The summed E-state index contributed by atoms with van der Waals surface area (Å²) < 4.78 is 6.59. The summed E-state index contributed by atoms with van der Waals surface area (Å²) >= 11 is 0. The van der Waals surface area contributed by atoms with Gasteiger partial charge in [-0.3, -0.25) is 0 Å². The molecule has 1 aliphatic heterocycles. The molecular weight excluding hydrogens is 520 g/mol. The summed E-state index contributed by atoms with van der Waals surface area (Å²) in [7, 11) is 0. The number of ether oxygens (including phenoxy) is 1. The minimum absolute atomic E-state index is 0.0502. The number of hydrogen-bond acceptors (Lipinski definition) is 1. The molecule has 0 saturated carbocycles. The maximum atomic E-state index is 6.59. The number of hydrogen-bond donors (Lipinski definition) is 0. The quantitative estimate of drug-likeness (QED) is 0.200. The molecule has 202 valence electrons. The van der Waals surface area contributed by atoms with E-state index in [0.29, 0.717) is 0 Å². The Hall–Kier alpha value is -5.40. The average Bonchev–Trinajstić information content (AvgIpc) is 3.46. The molecule has 1 heterocycles. The monoisotopic (exact) mass is 548 g/mol. The third kappa shape index (κ3) is 3.78. The second kappa shape index (κ2) is 9.58. The van der Waals surface area contributed by atoms with Gasteiger partial charge in [-0.1, -0.05) is 152 Å². The third-order valence-corrected chi connectivity index (χ3v) is 9.24. The van der Waals surface area contributed by atoms with Crippen LogP contribution in [0.1, 0.15) is 28.7 Å². The Balaban J connectivity index is 1.13. The predicted octanol–water partition coefficient (Wildman–Crippen LogP) is 11.2. The van der Waals surface area contributed by atoms with Gasteiger partial charge in [0.25, 0.3) is 0 Å². The van der Waals surface area contributed by atoms with Crippen molar-refractivity contribution in [2.75, 3.05) is 0 Å². The topological polar surface area (TPSA) is 9.23 Å². The Bertz CT molecular complexity index is 2150. The number of benzene rings is 7. The van der Waals surface area contributed by atoms with E-state index >= 15 is 0 Å². The molecule has 0 amide bonds. The first-order chi connectivity index (χ1) is 21.3. The summed E-state index contributed by atoms with van der Waals surface area (Å²) in [4.78, 5) is 0. The van der Waals surface area contributed by atoms with E-state index in [1.165, 1.54) is 71.6 Å². The lowest BCUT2D eigenvalue weighted by Crippen LogP contribution is -2.12. The Labute approximate surface area is 251 Å². The van der Waals surface area contributed by atoms with Crippen molar-refractivity contribution < 1.29 is 4.74 Å². The molecule has 2 unspecified atom stereocenters. The first-order valence-electron chi connectivity index (χ1n) is 15.0. The standard InChI is InChI=1S/C42H28O/c1-2-11-29(12-3-1)40-34-14-6-8-16-36(34)41(37-17-9-7-15-35(37)40)30-20-18-27(19-21-30)31-23-24-33-38-25-22-28-10-4-5-13-32(28)42(38)43-39(33)26-31/h1-26,38,42H.